The van der Waals surface area contributed by atoms with E-state index in [2.05, 4.69) is 26.2 Å². The van der Waals surface area contributed by atoms with Crippen molar-refractivity contribution in [3.63, 3.8) is 0 Å². The molecule has 8 heteroatoms. The number of rotatable bonds is 2. The molecule has 1 fully saturated rings. The highest BCUT2D eigenvalue weighted by Gasteiger charge is 2.56. The second kappa shape index (κ2) is 5.27. The molecule has 3 heterocycles. The molecule has 0 aliphatic carbocycles. The number of amides is 2. The fourth-order valence-electron chi connectivity index (χ4n) is 3.02. The van der Waals surface area contributed by atoms with Gasteiger partial charge in [0.1, 0.15) is 11.6 Å². The van der Waals surface area contributed by atoms with Crippen molar-refractivity contribution in [2.24, 2.45) is 18.1 Å². The summed E-state index contributed by atoms with van der Waals surface area (Å²) in [6, 6.07) is 7.05. The number of fused-ring (bicyclic) bond motifs is 1. The Labute approximate surface area is 146 Å². The van der Waals surface area contributed by atoms with Gasteiger partial charge in [-0.05, 0) is 25.1 Å². The number of anilines is 1. The molecule has 122 valence electrons. The minimum atomic E-state index is -0.911. The molecule has 0 saturated carbocycles. The Bertz CT molecular complexity index is 904. The molecule has 1 saturated heterocycles. The maximum Gasteiger partial charge on any atom is 0.278 e. The van der Waals surface area contributed by atoms with Crippen molar-refractivity contribution in [3.05, 3.63) is 46.2 Å². The van der Waals surface area contributed by atoms with Crippen LogP contribution in [0.15, 0.2) is 40.1 Å². The molecule has 0 N–H and O–H groups in total. The molecule has 2 aliphatic rings. The molecule has 4 rings (SSSR count). The second-order valence-electron chi connectivity index (χ2n) is 5.74. The van der Waals surface area contributed by atoms with E-state index >= 15 is 0 Å². The van der Waals surface area contributed by atoms with E-state index in [9.17, 15) is 9.59 Å². The second-order valence-corrected chi connectivity index (χ2v) is 6.65. The standard InChI is InChI=1S/C16H13BrN4O3/c1-8-11(7-18-20(8)2)13-12-14(24-19-13)16(23)21(15(12)22)10-5-3-4-9(17)6-10/h3-7,12,14H,1-2H3/t12-,14+/m1/s1. The summed E-state index contributed by atoms with van der Waals surface area (Å²) in [5, 5.41) is 8.17. The van der Waals surface area contributed by atoms with Crippen LogP contribution in [-0.4, -0.2) is 33.4 Å². The fraction of sp³-hybridized carbons (Fsp3) is 0.250. The summed E-state index contributed by atoms with van der Waals surface area (Å²) < 4.78 is 2.48. The maximum absolute atomic E-state index is 12.9. The number of hydrogen-bond acceptors (Lipinski definition) is 5. The van der Waals surface area contributed by atoms with Crippen molar-refractivity contribution >= 4 is 39.1 Å². The van der Waals surface area contributed by atoms with Gasteiger partial charge in [-0.1, -0.05) is 27.2 Å². The zero-order valence-corrected chi connectivity index (χ0v) is 14.5. The van der Waals surface area contributed by atoms with Crippen LogP contribution in [0.4, 0.5) is 5.69 Å². The van der Waals surface area contributed by atoms with Crippen molar-refractivity contribution < 1.29 is 14.4 Å². The van der Waals surface area contributed by atoms with Crippen LogP contribution in [0, 0.1) is 12.8 Å². The molecule has 24 heavy (non-hydrogen) atoms. The van der Waals surface area contributed by atoms with E-state index in [1.165, 1.54) is 4.90 Å². The Balaban J connectivity index is 1.74. The van der Waals surface area contributed by atoms with Gasteiger partial charge in [0.25, 0.3) is 5.91 Å². The third kappa shape index (κ3) is 2.02. The number of nitrogens with zero attached hydrogens (tertiary/aromatic N) is 4. The molecule has 0 radical (unpaired) electrons. The lowest BCUT2D eigenvalue weighted by Crippen LogP contribution is -2.33. The molecule has 2 atom stereocenters. The highest BCUT2D eigenvalue weighted by Crippen LogP contribution is 2.36. The van der Waals surface area contributed by atoms with Gasteiger partial charge in [-0.15, -0.1) is 0 Å². The van der Waals surface area contributed by atoms with Crippen LogP contribution in [-0.2, 0) is 21.5 Å². The average Bonchev–Trinajstić information content (AvgIpc) is 3.18. The fourth-order valence-corrected chi connectivity index (χ4v) is 3.41. The highest BCUT2D eigenvalue weighted by molar-refractivity contribution is 9.10. The largest absolute Gasteiger partial charge is 0.381 e. The summed E-state index contributed by atoms with van der Waals surface area (Å²) in [5.41, 5.74) is 2.56. The Morgan fingerprint density at radius 2 is 2.04 bits per heavy atom. The normalized spacial score (nSPS) is 22.6. The summed E-state index contributed by atoms with van der Waals surface area (Å²) >= 11 is 3.36. The van der Waals surface area contributed by atoms with Gasteiger partial charge in [0.15, 0.2) is 0 Å². The lowest BCUT2D eigenvalue weighted by molar-refractivity contribution is -0.126. The van der Waals surface area contributed by atoms with Crippen LogP contribution in [0.1, 0.15) is 11.3 Å². The summed E-state index contributed by atoms with van der Waals surface area (Å²) in [5.74, 6) is -1.47. The van der Waals surface area contributed by atoms with Crippen LogP contribution in [0.5, 0.6) is 0 Å². The van der Waals surface area contributed by atoms with Crippen LogP contribution >= 0.6 is 15.9 Å². The van der Waals surface area contributed by atoms with Crippen LogP contribution in [0.2, 0.25) is 0 Å². The van der Waals surface area contributed by atoms with Crippen LogP contribution < -0.4 is 4.90 Å². The Hall–Kier alpha value is -2.48. The SMILES string of the molecule is Cc1c(C2=NO[C@@H]3C(=O)N(c4cccc(Br)c4)C(=O)[C@H]23)cnn1C. The number of halogens is 1. The predicted octanol–water partition coefficient (Wildman–Crippen LogP) is 1.78. The number of imide groups is 1. The first-order valence-corrected chi connectivity index (χ1v) is 8.14. The van der Waals surface area contributed by atoms with Gasteiger partial charge in [0, 0.05) is 22.8 Å². The molecule has 1 aromatic heterocycles. The van der Waals surface area contributed by atoms with Gasteiger partial charge in [0.05, 0.1) is 11.9 Å². The smallest absolute Gasteiger partial charge is 0.278 e. The van der Waals surface area contributed by atoms with Gasteiger partial charge in [-0.25, -0.2) is 4.90 Å². The number of benzene rings is 1. The van der Waals surface area contributed by atoms with Gasteiger partial charge >= 0.3 is 0 Å². The van der Waals surface area contributed by atoms with Gasteiger partial charge < -0.3 is 4.84 Å². The monoisotopic (exact) mass is 388 g/mol. The topological polar surface area (TPSA) is 76.8 Å². The van der Waals surface area contributed by atoms with Crippen molar-refractivity contribution in [2.75, 3.05) is 4.90 Å². The number of aromatic nitrogens is 2. The number of carbonyl (C=O) groups is 2. The summed E-state index contributed by atoms with van der Waals surface area (Å²) in [4.78, 5) is 32.0. The van der Waals surface area contributed by atoms with Crippen molar-refractivity contribution in [1.29, 1.82) is 0 Å². The zero-order valence-electron chi connectivity index (χ0n) is 12.9. The third-order valence-corrected chi connectivity index (χ3v) is 4.88. The molecule has 2 aliphatic heterocycles. The highest BCUT2D eigenvalue weighted by atomic mass is 79.9. The number of aryl methyl sites for hydroxylation is 1. The van der Waals surface area contributed by atoms with Crippen molar-refractivity contribution in [2.45, 2.75) is 13.0 Å². The summed E-state index contributed by atoms with van der Waals surface area (Å²) in [6.45, 7) is 1.88. The third-order valence-electron chi connectivity index (χ3n) is 4.39. The molecule has 2 amide bonds. The first-order valence-electron chi connectivity index (χ1n) is 7.35. The molecule has 1 aromatic carbocycles. The molecule has 0 bridgehead atoms. The van der Waals surface area contributed by atoms with E-state index in [4.69, 9.17) is 4.84 Å². The van der Waals surface area contributed by atoms with Crippen molar-refractivity contribution in [1.82, 2.24) is 9.78 Å². The van der Waals surface area contributed by atoms with Gasteiger partial charge in [0.2, 0.25) is 12.0 Å². The van der Waals surface area contributed by atoms with E-state index in [0.717, 1.165) is 15.7 Å². The summed E-state index contributed by atoms with van der Waals surface area (Å²) in [6.07, 6.45) is 0.727. The van der Waals surface area contributed by atoms with E-state index in [0.29, 0.717) is 11.4 Å². The van der Waals surface area contributed by atoms with Gasteiger partial charge in [-0.3, -0.25) is 14.3 Å². The Morgan fingerprint density at radius 3 is 2.71 bits per heavy atom. The van der Waals surface area contributed by atoms with Crippen molar-refractivity contribution in [3.8, 4) is 0 Å². The minimum absolute atomic E-state index is 0.331. The molecule has 2 aromatic rings. The number of oxime groups is 1. The molecule has 7 nitrogen and oxygen atoms in total. The Kier molecular flexibility index (Phi) is 3.31. The number of carbonyl (C=O) groups excluding carboxylic acids is 2. The molecule has 0 spiro atoms. The average molecular weight is 389 g/mol. The van der Waals surface area contributed by atoms with Gasteiger partial charge in [-0.2, -0.15) is 5.10 Å². The Morgan fingerprint density at radius 1 is 1.25 bits per heavy atom. The quantitative estimate of drug-likeness (QED) is 0.734. The summed E-state index contributed by atoms with van der Waals surface area (Å²) in [7, 11) is 1.81. The van der Waals surface area contributed by atoms with Crippen LogP contribution in [0.3, 0.4) is 0 Å². The van der Waals surface area contributed by atoms with E-state index < -0.39 is 17.9 Å². The predicted molar refractivity (Wildman–Crippen MR) is 89.5 cm³/mol. The first-order chi connectivity index (χ1) is 11.5. The lowest BCUT2D eigenvalue weighted by Gasteiger charge is -2.15. The molecular weight excluding hydrogens is 376 g/mol. The molecular formula is C16H13BrN4O3. The van der Waals surface area contributed by atoms with E-state index in [1.54, 1.807) is 29.1 Å². The minimum Gasteiger partial charge on any atom is -0.381 e. The maximum atomic E-state index is 12.9. The van der Waals surface area contributed by atoms with E-state index in [-0.39, 0.29) is 5.91 Å². The molecule has 0 unspecified atom stereocenters. The lowest BCUT2D eigenvalue weighted by atomic mass is 9.94. The van der Waals surface area contributed by atoms with E-state index in [1.807, 2.05) is 20.0 Å². The van der Waals surface area contributed by atoms with Crippen LogP contribution in [0.25, 0.3) is 0 Å². The number of hydrogen-bond donors (Lipinski definition) is 0. The zero-order chi connectivity index (χ0) is 17.0. The first kappa shape index (κ1) is 15.1.